The summed E-state index contributed by atoms with van der Waals surface area (Å²) in [6.45, 7) is 3.44. The number of hydrogen-bond acceptors (Lipinski definition) is 2. The summed E-state index contributed by atoms with van der Waals surface area (Å²) in [4.78, 5) is 2.26. The Bertz CT molecular complexity index is 505. The van der Waals surface area contributed by atoms with E-state index in [0.29, 0.717) is 11.5 Å². The lowest BCUT2D eigenvalue weighted by Crippen LogP contribution is -2.45. The van der Waals surface area contributed by atoms with Crippen LogP contribution in [0.1, 0.15) is 30.0 Å². The van der Waals surface area contributed by atoms with Gasteiger partial charge in [-0.05, 0) is 36.5 Å². The average Bonchev–Trinajstić information content (AvgIpc) is 3.23. The molecule has 1 atom stereocenters. The molecule has 0 spiro atoms. The Labute approximate surface area is 121 Å². The van der Waals surface area contributed by atoms with Crippen molar-refractivity contribution in [2.45, 2.75) is 25.1 Å². The van der Waals surface area contributed by atoms with E-state index in [-0.39, 0.29) is 6.04 Å². The highest BCUT2D eigenvalue weighted by molar-refractivity contribution is 5.29. The summed E-state index contributed by atoms with van der Waals surface area (Å²) in [5.41, 5.74) is -0.508. The van der Waals surface area contributed by atoms with E-state index < -0.39 is 17.6 Å². The number of nitrogens with one attached hydrogen (secondary N) is 1. The van der Waals surface area contributed by atoms with E-state index in [1.165, 1.54) is 6.07 Å². The first kappa shape index (κ1) is 14.8. The van der Waals surface area contributed by atoms with Gasteiger partial charge >= 0.3 is 6.18 Å². The summed E-state index contributed by atoms with van der Waals surface area (Å²) >= 11 is 0. The van der Waals surface area contributed by atoms with E-state index in [2.05, 4.69) is 10.2 Å². The molecule has 0 bridgehead atoms. The molecule has 3 rings (SSSR count). The molecule has 1 N–H and O–H groups in total. The lowest BCUT2D eigenvalue weighted by atomic mass is 9.98. The van der Waals surface area contributed by atoms with Crippen molar-refractivity contribution in [2.24, 2.45) is 5.92 Å². The van der Waals surface area contributed by atoms with Gasteiger partial charge in [-0.2, -0.15) is 13.2 Å². The van der Waals surface area contributed by atoms with Crippen LogP contribution < -0.4 is 5.32 Å². The van der Waals surface area contributed by atoms with E-state index in [0.717, 1.165) is 51.2 Å². The molecule has 1 saturated heterocycles. The second-order valence-corrected chi connectivity index (χ2v) is 5.81. The first-order chi connectivity index (χ1) is 9.97. The number of halogens is 4. The lowest BCUT2D eigenvalue weighted by Gasteiger charge is -2.35. The van der Waals surface area contributed by atoms with Crippen LogP contribution in [0.3, 0.4) is 0 Å². The molecule has 1 aliphatic heterocycles. The number of piperazine rings is 1. The topological polar surface area (TPSA) is 15.3 Å². The third kappa shape index (κ3) is 3.21. The lowest BCUT2D eigenvalue weighted by molar-refractivity contribution is -0.140. The van der Waals surface area contributed by atoms with Crippen LogP contribution in [-0.2, 0) is 6.18 Å². The molecule has 0 unspecified atom stereocenters. The van der Waals surface area contributed by atoms with E-state index in [9.17, 15) is 17.6 Å². The van der Waals surface area contributed by atoms with Crippen molar-refractivity contribution in [3.05, 3.63) is 35.1 Å². The first-order valence-corrected chi connectivity index (χ1v) is 7.28. The van der Waals surface area contributed by atoms with Crippen LogP contribution in [-0.4, -0.2) is 31.1 Å². The summed E-state index contributed by atoms with van der Waals surface area (Å²) in [5, 5.41) is 3.26. The fraction of sp³-hybridized carbons (Fsp3) is 0.600. The van der Waals surface area contributed by atoms with E-state index in [4.69, 9.17) is 0 Å². The molecule has 0 radical (unpaired) electrons. The van der Waals surface area contributed by atoms with Crippen LogP contribution in [0.4, 0.5) is 17.6 Å². The van der Waals surface area contributed by atoms with Gasteiger partial charge < -0.3 is 5.32 Å². The highest BCUT2D eigenvalue weighted by Crippen LogP contribution is 2.45. The van der Waals surface area contributed by atoms with E-state index >= 15 is 0 Å². The van der Waals surface area contributed by atoms with Crippen molar-refractivity contribution in [1.29, 1.82) is 0 Å². The van der Waals surface area contributed by atoms with Crippen LogP contribution >= 0.6 is 0 Å². The zero-order valence-corrected chi connectivity index (χ0v) is 11.6. The number of nitrogens with zero attached hydrogens (tertiary/aromatic N) is 1. The van der Waals surface area contributed by atoms with Gasteiger partial charge in [0.1, 0.15) is 5.82 Å². The molecule has 1 heterocycles. The molecule has 2 fully saturated rings. The van der Waals surface area contributed by atoms with Gasteiger partial charge in [0.2, 0.25) is 0 Å². The zero-order chi connectivity index (χ0) is 15.0. The van der Waals surface area contributed by atoms with Gasteiger partial charge in [0.15, 0.2) is 0 Å². The Balaban J connectivity index is 1.87. The van der Waals surface area contributed by atoms with Gasteiger partial charge in [-0.25, -0.2) is 4.39 Å². The second-order valence-electron chi connectivity index (χ2n) is 5.81. The molecule has 1 saturated carbocycles. The fourth-order valence-electron chi connectivity index (χ4n) is 3.10. The summed E-state index contributed by atoms with van der Waals surface area (Å²) in [6.07, 6.45) is -2.50. The normalized spacial score (nSPS) is 22.3. The van der Waals surface area contributed by atoms with Crippen LogP contribution in [0.5, 0.6) is 0 Å². The molecule has 0 amide bonds. The molecule has 6 heteroatoms. The average molecular weight is 302 g/mol. The highest BCUT2D eigenvalue weighted by Gasteiger charge is 2.39. The molecule has 21 heavy (non-hydrogen) atoms. The third-order valence-corrected chi connectivity index (χ3v) is 4.25. The predicted octanol–water partition coefficient (Wildman–Crippen LogP) is 3.20. The number of benzene rings is 1. The summed E-state index contributed by atoms with van der Waals surface area (Å²) in [5.74, 6) is -0.722. The maximum atomic E-state index is 13.8. The van der Waals surface area contributed by atoms with Crippen LogP contribution in [0.2, 0.25) is 0 Å². The van der Waals surface area contributed by atoms with E-state index in [1.54, 1.807) is 0 Å². The highest BCUT2D eigenvalue weighted by atomic mass is 19.4. The maximum Gasteiger partial charge on any atom is 0.419 e. The quantitative estimate of drug-likeness (QED) is 0.863. The van der Waals surface area contributed by atoms with Crippen LogP contribution in [0.15, 0.2) is 18.2 Å². The molecular formula is C15H18F4N2. The summed E-state index contributed by atoms with van der Waals surface area (Å²) in [7, 11) is 0. The number of rotatable bonds is 3. The van der Waals surface area contributed by atoms with Gasteiger partial charge in [-0.1, -0.05) is 6.07 Å². The maximum absolute atomic E-state index is 13.8. The zero-order valence-electron chi connectivity index (χ0n) is 11.6. The Kier molecular flexibility index (Phi) is 3.92. The standard InChI is InChI=1S/C15H18F4N2/c16-13-9-11(3-4-12(13)15(17,18)19)14(10-1-2-10)21-7-5-20-6-8-21/h3-4,9-10,14,20H,1-2,5-8H2/t14-/m1/s1. The Hall–Kier alpha value is -1.14. The second kappa shape index (κ2) is 5.57. The van der Waals surface area contributed by atoms with Gasteiger partial charge in [0.05, 0.1) is 5.56 Å². The van der Waals surface area contributed by atoms with Crippen molar-refractivity contribution >= 4 is 0 Å². The predicted molar refractivity (Wildman–Crippen MR) is 71.3 cm³/mol. The third-order valence-electron chi connectivity index (χ3n) is 4.25. The summed E-state index contributed by atoms with van der Waals surface area (Å²) in [6, 6.07) is 3.44. The Morgan fingerprint density at radius 3 is 2.33 bits per heavy atom. The molecule has 1 aliphatic carbocycles. The van der Waals surface area contributed by atoms with Gasteiger partial charge in [0.25, 0.3) is 0 Å². The van der Waals surface area contributed by atoms with Gasteiger partial charge in [0, 0.05) is 32.2 Å². The van der Waals surface area contributed by atoms with Gasteiger partial charge in [-0.15, -0.1) is 0 Å². The number of hydrogen-bond donors (Lipinski definition) is 1. The van der Waals surface area contributed by atoms with E-state index in [1.807, 2.05) is 0 Å². The molecule has 2 aliphatic rings. The Morgan fingerprint density at radius 1 is 1.14 bits per heavy atom. The molecule has 0 aromatic heterocycles. The fourth-order valence-corrected chi connectivity index (χ4v) is 3.10. The Morgan fingerprint density at radius 2 is 1.81 bits per heavy atom. The first-order valence-electron chi connectivity index (χ1n) is 7.28. The molecule has 116 valence electrons. The van der Waals surface area contributed by atoms with Crippen molar-refractivity contribution in [3.63, 3.8) is 0 Å². The van der Waals surface area contributed by atoms with Crippen molar-refractivity contribution in [2.75, 3.05) is 26.2 Å². The SMILES string of the molecule is Fc1cc([C@@H](C2CC2)N2CCNCC2)ccc1C(F)(F)F. The van der Waals surface area contributed by atoms with Gasteiger partial charge in [-0.3, -0.25) is 4.90 Å². The summed E-state index contributed by atoms with van der Waals surface area (Å²) < 4.78 is 51.8. The largest absolute Gasteiger partial charge is 0.419 e. The van der Waals surface area contributed by atoms with Crippen LogP contribution in [0, 0.1) is 11.7 Å². The molecule has 2 nitrogen and oxygen atoms in total. The number of alkyl halides is 3. The minimum atomic E-state index is -4.63. The minimum absolute atomic E-state index is 0.0453. The molecular weight excluding hydrogens is 284 g/mol. The smallest absolute Gasteiger partial charge is 0.314 e. The van der Waals surface area contributed by atoms with Crippen molar-refractivity contribution in [3.8, 4) is 0 Å². The minimum Gasteiger partial charge on any atom is -0.314 e. The molecule has 1 aromatic rings. The van der Waals surface area contributed by atoms with Crippen molar-refractivity contribution < 1.29 is 17.6 Å². The molecule has 1 aromatic carbocycles. The van der Waals surface area contributed by atoms with Crippen LogP contribution in [0.25, 0.3) is 0 Å². The monoisotopic (exact) mass is 302 g/mol. The van der Waals surface area contributed by atoms with Crippen molar-refractivity contribution in [1.82, 2.24) is 10.2 Å².